The SMILES string of the molecule is COc1ccc(CN(CCCCC/C=C\[C@@H]2C[C@]2(C)C(=O)NS(=O)(=O)C2(C)CC2)C(=O)N2C[C@H](O)C[C@H]2C(C)=O)cc1. The Bertz CT molecular complexity index is 1290. The number of aliphatic hydroxyl groups excluding tert-OH is 1. The molecular weight excluding hydrogens is 558 g/mol. The molecule has 1 saturated heterocycles. The lowest BCUT2D eigenvalue weighted by atomic mass is 10.1. The highest BCUT2D eigenvalue weighted by Crippen LogP contribution is 2.54. The predicted molar refractivity (Wildman–Crippen MR) is 159 cm³/mol. The molecule has 4 atom stereocenters. The van der Waals surface area contributed by atoms with Gasteiger partial charge in [0.05, 0.1) is 29.4 Å². The van der Waals surface area contributed by atoms with Crippen molar-refractivity contribution < 1.29 is 32.6 Å². The number of urea groups is 1. The van der Waals surface area contributed by atoms with Crippen LogP contribution in [-0.2, 0) is 26.2 Å². The third kappa shape index (κ3) is 7.34. The number of carbonyl (C=O) groups excluding carboxylic acids is 3. The molecule has 11 heteroatoms. The average molecular weight is 604 g/mol. The maximum Gasteiger partial charge on any atom is 0.321 e. The summed E-state index contributed by atoms with van der Waals surface area (Å²) in [6, 6.07) is 6.68. The van der Waals surface area contributed by atoms with E-state index in [9.17, 15) is 27.9 Å². The van der Waals surface area contributed by atoms with E-state index in [2.05, 4.69) is 10.8 Å². The number of rotatable bonds is 14. The molecule has 4 rings (SSSR count). The van der Waals surface area contributed by atoms with Gasteiger partial charge >= 0.3 is 6.03 Å². The number of likely N-dealkylation sites (tertiary alicyclic amines) is 1. The van der Waals surface area contributed by atoms with Crippen LogP contribution in [-0.4, -0.2) is 78.1 Å². The molecule has 232 valence electrons. The zero-order chi connectivity index (χ0) is 30.7. The molecule has 0 spiro atoms. The Morgan fingerprint density at radius 2 is 1.83 bits per heavy atom. The van der Waals surface area contributed by atoms with Gasteiger partial charge in [-0.25, -0.2) is 13.2 Å². The number of Topliss-reactive ketones (excluding diaryl/α,β-unsaturated/α-hetero) is 1. The second-order valence-electron chi connectivity index (χ2n) is 12.6. The van der Waals surface area contributed by atoms with Crippen molar-refractivity contribution >= 4 is 27.7 Å². The van der Waals surface area contributed by atoms with Crippen LogP contribution in [0.2, 0.25) is 0 Å². The molecule has 1 heterocycles. The first kappa shape index (κ1) is 32.0. The third-order valence-corrected chi connectivity index (χ3v) is 11.3. The molecule has 0 aromatic heterocycles. The minimum atomic E-state index is -3.63. The summed E-state index contributed by atoms with van der Waals surface area (Å²) in [5.74, 6) is 0.222. The van der Waals surface area contributed by atoms with Crippen molar-refractivity contribution in [1.82, 2.24) is 14.5 Å². The molecule has 42 heavy (non-hydrogen) atoms. The number of ether oxygens (including phenoxy) is 1. The first-order valence-electron chi connectivity index (χ1n) is 14.9. The molecule has 1 aromatic carbocycles. The maximum atomic E-state index is 13.5. The lowest BCUT2D eigenvalue weighted by molar-refractivity contribution is -0.124. The molecule has 10 nitrogen and oxygen atoms in total. The molecule has 1 aromatic rings. The van der Waals surface area contributed by atoms with Crippen molar-refractivity contribution in [3.63, 3.8) is 0 Å². The average Bonchev–Trinajstić information content (AvgIpc) is 3.82. The van der Waals surface area contributed by atoms with Crippen LogP contribution in [0.3, 0.4) is 0 Å². The number of ketones is 1. The molecule has 3 amide bonds. The van der Waals surface area contributed by atoms with E-state index in [1.807, 2.05) is 37.3 Å². The Hall–Kier alpha value is -2.92. The quantitative estimate of drug-likeness (QED) is 0.244. The van der Waals surface area contributed by atoms with E-state index in [4.69, 9.17) is 4.74 Å². The van der Waals surface area contributed by atoms with Gasteiger partial charge in [0.25, 0.3) is 0 Å². The minimum Gasteiger partial charge on any atom is -0.497 e. The van der Waals surface area contributed by atoms with Crippen LogP contribution in [0.5, 0.6) is 5.75 Å². The van der Waals surface area contributed by atoms with Crippen LogP contribution in [0.1, 0.15) is 77.7 Å². The summed E-state index contributed by atoms with van der Waals surface area (Å²) >= 11 is 0. The zero-order valence-corrected chi connectivity index (χ0v) is 26.0. The number of unbranched alkanes of at least 4 members (excludes halogenated alkanes) is 3. The number of β-amino-alcohol motifs (C(OH)–C–C–N with tert-alkyl or cyclic N) is 1. The second-order valence-corrected chi connectivity index (χ2v) is 14.8. The standard InChI is InChI=1S/C31H45N3O7S/c1-22(35)27-18-25(36)21-34(27)29(38)33(20-23-11-13-26(41-4)14-12-23)17-9-7-5-6-8-10-24-19-31(24,3)28(37)32-42(39,40)30(2)15-16-30/h8,10-14,24-25,27,36H,5-7,9,15-21H2,1-4H3,(H,32,37)/b10-8-/t24-,25-,27+,31+/m1/s1. The molecule has 0 bridgehead atoms. The molecule has 3 fully saturated rings. The number of amides is 3. The number of benzene rings is 1. The van der Waals surface area contributed by atoms with Crippen LogP contribution in [0, 0.1) is 11.3 Å². The molecule has 0 radical (unpaired) electrons. The highest BCUT2D eigenvalue weighted by molar-refractivity contribution is 7.91. The molecule has 1 aliphatic heterocycles. The highest BCUT2D eigenvalue weighted by Gasteiger charge is 2.58. The zero-order valence-electron chi connectivity index (χ0n) is 25.2. The van der Waals surface area contributed by atoms with Gasteiger partial charge in [-0.3, -0.25) is 14.3 Å². The number of hydrogen-bond donors (Lipinski definition) is 2. The lowest BCUT2D eigenvalue weighted by Gasteiger charge is -2.31. The number of nitrogens with zero attached hydrogens (tertiary/aromatic N) is 2. The number of hydrogen-bond acceptors (Lipinski definition) is 7. The Kier molecular flexibility index (Phi) is 9.72. The summed E-state index contributed by atoms with van der Waals surface area (Å²) in [4.78, 5) is 41.6. The fourth-order valence-electron chi connectivity index (χ4n) is 5.53. The smallest absolute Gasteiger partial charge is 0.321 e. The lowest BCUT2D eigenvalue weighted by Crippen LogP contribution is -2.47. The first-order chi connectivity index (χ1) is 19.8. The van der Waals surface area contributed by atoms with E-state index in [0.29, 0.717) is 32.4 Å². The molecule has 0 unspecified atom stereocenters. The van der Waals surface area contributed by atoms with Gasteiger partial charge in [0.15, 0.2) is 5.78 Å². The van der Waals surface area contributed by atoms with Gasteiger partial charge < -0.3 is 19.6 Å². The van der Waals surface area contributed by atoms with Gasteiger partial charge in [-0.05, 0) is 76.0 Å². The molecule has 2 aliphatic carbocycles. The normalized spacial score (nSPS) is 26.2. The Balaban J connectivity index is 1.25. The monoisotopic (exact) mass is 603 g/mol. The number of sulfonamides is 1. The molecular formula is C31H45N3O7S. The summed E-state index contributed by atoms with van der Waals surface area (Å²) in [5, 5.41) is 10.2. The number of aliphatic hydroxyl groups is 1. The van der Waals surface area contributed by atoms with E-state index in [1.54, 1.807) is 18.9 Å². The Labute approximate surface area is 249 Å². The van der Waals surface area contributed by atoms with Crippen LogP contribution in [0.15, 0.2) is 36.4 Å². The van der Waals surface area contributed by atoms with Crippen molar-refractivity contribution in [3.05, 3.63) is 42.0 Å². The number of allylic oxidation sites excluding steroid dienone is 2. The number of carbonyl (C=O) groups is 3. The third-order valence-electron chi connectivity index (χ3n) is 9.12. The van der Waals surface area contributed by atoms with Crippen molar-refractivity contribution in [2.45, 2.75) is 95.6 Å². The van der Waals surface area contributed by atoms with Crippen LogP contribution in [0.4, 0.5) is 4.79 Å². The second kappa shape index (κ2) is 12.8. The summed E-state index contributed by atoms with van der Waals surface area (Å²) in [6.07, 6.45) is 8.83. The summed E-state index contributed by atoms with van der Waals surface area (Å²) in [5.41, 5.74) is 0.264. The van der Waals surface area contributed by atoms with Gasteiger partial charge in [0.2, 0.25) is 15.9 Å². The van der Waals surface area contributed by atoms with Crippen molar-refractivity contribution in [3.8, 4) is 5.75 Å². The van der Waals surface area contributed by atoms with E-state index in [1.165, 1.54) is 11.8 Å². The van der Waals surface area contributed by atoms with Crippen LogP contribution in [0.25, 0.3) is 0 Å². The number of nitrogens with one attached hydrogen (secondary N) is 1. The van der Waals surface area contributed by atoms with Crippen LogP contribution >= 0.6 is 0 Å². The van der Waals surface area contributed by atoms with Crippen LogP contribution < -0.4 is 9.46 Å². The fourth-order valence-corrected chi connectivity index (χ4v) is 6.90. The van der Waals surface area contributed by atoms with Crippen molar-refractivity contribution in [1.29, 1.82) is 0 Å². The van der Waals surface area contributed by atoms with E-state index in [0.717, 1.165) is 37.0 Å². The van der Waals surface area contributed by atoms with E-state index < -0.39 is 38.2 Å². The van der Waals surface area contributed by atoms with E-state index in [-0.39, 0.29) is 30.7 Å². The summed E-state index contributed by atoms with van der Waals surface area (Å²) < 4.78 is 31.6. The molecule has 3 aliphatic rings. The van der Waals surface area contributed by atoms with E-state index >= 15 is 0 Å². The van der Waals surface area contributed by atoms with Gasteiger partial charge in [0.1, 0.15) is 5.75 Å². The van der Waals surface area contributed by atoms with Gasteiger partial charge in [-0.15, -0.1) is 0 Å². The van der Waals surface area contributed by atoms with Gasteiger partial charge in [-0.1, -0.05) is 37.6 Å². The van der Waals surface area contributed by atoms with Gasteiger partial charge in [-0.2, -0.15) is 0 Å². The Morgan fingerprint density at radius 3 is 2.45 bits per heavy atom. The fraction of sp³-hybridized carbons (Fsp3) is 0.645. The van der Waals surface area contributed by atoms with Crippen molar-refractivity contribution in [2.24, 2.45) is 11.3 Å². The summed E-state index contributed by atoms with van der Waals surface area (Å²) in [6.45, 7) is 5.99. The van der Waals surface area contributed by atoms with Gasteiger partial charge in [0, 0.05) is 26.1 Å². The largest absolute Gasteiger partial charge is 0.497 e. The molecule has 2 saturated carbocycles. The summed E-state index contributed by atoms with van der Waals surface area (Å²) in [7, 11) is -2.03. The predicted octanol–water partition coefficient (Wildman–Crippen LogP) is 3.78. The topological polar surface area (TPSA) is 133 Å². The highest BCUT2D eigenvalue weighted by atomic mass is 32.2. The molecule has 2 N–H and O–H groups in total. The van der Waals surface area contributed by atoms with Crippen molar-refractivity contribution in [2.75, 3.05) is 20.2 Å². The number of methoxy groups -OCH3 is 1. The maximum absolute atomic E-state index is 13.5. The first-order valence-corrected chi connectivity index (χ1v) is 16.4. The Morgan fingerprint density at radius 1 is 1.14 bits per heavy atom. The minimum absolute atomic E-state index is 0.0300.